The molecule has 0 heterocycles. The summed E-state index contributed by atoms with van der Waals surface area (Å²) in [5.74, 6) is 0.273. The molecule has 0 aliphatic heterocycles. The first kappa shape index (κ1) is 14.7. The van der Waals surface area contributed by atoms with Gasteiger partial charge in [0.05, 0.1) is 8.07 Å². The average molecular weight is 282 g/mol. The fourth-order valence-electron chi connectivity index (χ4n) is 2.83. The second-order valence-corrected chi connectivity index (χ2v) is 10.7. The zero-order chi connectivity index (χ0) is 14.6. The van der Waals surface area contributed by atoms with E-state index in [0.29, 0.717) is 12.0 Å². The second kappa shape index (κ2) is 6.19. The molecule has 104 valence electrons. The third kappa shape index (κ3) is 3.25. The van der Waals surface area contributed by atoms with Crippen LogP contribution < -0.4 is 5.19 Å². The summed E-state index contributed by atoms with van der Waals surface area (Å²) >= 11 is 0. The van der Waals surface area contributed by atoms with E-state index in [-0.39, 0.29) is 5.78 Å². The van der Waals surface area contributed by atoms with Gasteiger partial charge in [0.25, 0.3) is 0 Å². The lowest BCUT2D eigenvalue weighted by Crippen LogP contribution is -2.48. The van der Waals surface area contributed by atoms with E-state index in [1.807, 2.05) is 6.07 Å². The van der Waals surface area contributed by atoms with Crippen molar-refractivity contribution in [2.75, 3.05) is 0 Å². The molecule has 1 nitrogen and oxygen atoms in total. The maximum Gasteiger partial charge on any atom is 0.130 e. The molecule has 0 aliphatic rings. The Balaban J connectivity index is 2.43. The quantitative estimate of drug-likeness (QED) is 0.760. The van der Waals surface area contributed by atoms with Crippen LogP contribution in [0, 0.1) is 0 Å². The molecule has 2 rings (SSSR count). The molecule has 2 heteroatoms. The zero-order valence-electron chi connectivity index (χ0n) is 12.5. The molecule has 0 unspecified atom stereocenters. The van der Waals surface area contributed by atoms with Crippen molar-refractivity contribution in [2.24, 2.45) is 0 Å². The Hall–Kier alpha value is -1.67. The number of Topliss-reactive ketones (excluding diaryl/α,β-unsaturated/α-hetero) is 1. The first-order chi connectivity index (χ1) is 9.51. The predicted molar refractivity (Wildman–Crippen MR) is 88.0 cm³/mol. The van der Waals surface area contributed by atoms with Crippen LogP contribution >= 0.6 is 0 Å². The van der Waals surface area contributed by atoms with E-state index in [0.717, 1.165) is 0 Å². The number of ketones is 1. The summed E-state index contributed by atoms with van der Waals surface area (Å²) < 4.78 is 0. The normalized spacial score (nSPS) is 12.9. The van der Waals surface area contributed by atoms with Crippen LogP contribution in [0.1, 0.15) is 24.4 Å². The topological polar surface area (TPSA) is 17.1 Å². The molecular weight excluding hydrogens is 260 g/mol. The number of carbonyl (C=O) groups excluding carboxylic acids is 1. The minimum atomic E-state index is -1.73. The number of carbonyl (C=O) groups is 1. The van der Waals surface area contributed by atoms with Crippen molar-refractivity contribution in [2.45, 2.75) is 32.0 Å². The summed E-state index contributed by atoms with van der Waals surface area (Å²) in [5.41, 5.74) is 1.63. The van der Waals surface area contributed by atoms with Crippen molar-refractivity contribution in [1.82, 2.24) is 0 Å². The van der Waals surface area contributed by atoms with Crippen LogP contribution in [-0.4, -0.2) is 13.9 Å². The molecule has 0 amide bonds. The highest BCUT2D eigenvalue weighted by Gasteiger charge is 2.35. The molecule has 0 saturated carbocycles. The summed E-state index contributed by atoms with van der Waals surface area (Å²) in [4.78, 5) is 11.7. The fourth-order valence-corrected chi connectivity index (χ4v) is 6.11. The Morgan fingerprint density at radius 2 is 1.45 bits per heavy atom. The lowest BCUT2D eigenvalue weighted by molar-refractivity contribution is -0.117. The number of hydrogen-bond donors (Lipinski definition) is 0. The van der Waals surface area contributed by atoms with E-state index in [9.17, 15) is 4.79 Å². The van der Waals surface area contributed by atoms with Crippen LogP contribution in [0.2, 0.25) is 13.1 Å². The van der Waals surface area contributed by atoms with Gasteiger partial charge in [0.2, 0.25) is 0 Å². The van der Waals surface area contributed by atoms with Gasteiger partial charge in [-0.3, -0.25) is 0 Å². The van der Waals surface area contributed by atoms with Crippen molar-refractivity contribution in [3.63, 3.8) is 0 Å². The fraction of sp³-hybridized carbons (Fsp3) is 0.278. The van der Waals surface area contributed by atoms with E-state index >= 15 is 0 Å². The number of hydrogen-bond acceptors (Lipinski definition) is 1. The van der Waals surface area contributed by atoms with Gasteiger partial charge >= 0.3 is 0 Å². The molecule has 1 atom stereocenters. The smallest absolute Gasteiger partial charge is 0.130 e. The second-order valence-electron chi connectivity index (χ2n) is 5.96. The highest BCUT2D eigenvalue weighted by atomic mass is 28.3. The van der Waals surface area contributed by atoms with Crippen LogP contribution in [0.25, 0.3) is 0 Å². The van der Waals surface area contributed by atoms with Gasteiger partial charge in [0.1, 0.15) is 5.78 Å². The number of rotatable bonds is 5. The largest absolute Gasteiger partial charge is 0.300 e. The first-order valence-electron chi connectivity index (χ1n) is 7.11. The Kier molecular flexibility index (Phi) is 4.56. The van der Waals surface area contributed by atoms with Crippen LogP contribution in [-0.2, 0) is 4.79 Å². The van der Waals surface area contributed by atoms with Crippen molar-refractivity contribution < 1.29 is 4.79 Å². The summed E-state index contributed by atoms with van der Waals surface area (Å²) in [6.45, 7) is 6.43. The molecule has 0 fully saturated rings. The third-order valence-electron chi connectivity index (χ3n) is 4.08. The highest BCUT2D eigenvalue weighted by Crippen LogP contribution is 2.30. The monoisotopic (exact) mass is 282 g/mol. The van der Waals surface area contributed by atoms with Crippen LogP contribution in [0.3, 0.4) is 0 Å². The van der Waals surface area contributed by atoms with Crippen LogP contribution in [0.4, 0.5) is 0 Å². The maximum atomic E-state index is 11.7. The Morgan fingerprint density at radius 3 is 1.95 bits per heavy atom. The summed E-state index contributed by atoms with van der Waals surface area (Å²) in [7, 11) is -1.73. The lowest BCUT2D eigenvalue weighted by Gasteiger charge is -2.33. The molecule has 0 saturated heterocycles. The lowest BCUT2D eigenvalue weighted by atomic mass is 10.1. The predicted octanol–water partition coefficient (Wildman–Crippen LogP) is 3.90. The Morgan fingerprint density at radius 1 is 0.950 bits per heavy atom. The third-order valence-corrected chi connectivity index (χ3v) is 8.18. The van der Waals surface area contributed by atoms with Crippen molar-refractivity contribution in [3.8, 4) is 0 Å². The van der Waals surface area contributed by atoms with E-state index < -0.39 is 8.07 Å². The summed E-state index contributed by atoms with van der Waals surface area (Å²) in [5, 5.41) is 1.41. The molecular formula is C18H22OSi. The molecule has 0 N–H and O–H groups in total. The minimum Gasteiger partial charge on any atom is -0.300 e. The summed E-state index contributed by atoms with van der Waals surface area (Å²) in [6.07, 6.45) is 0.637. The molecule has 0 bridgehead atoms. The van der Waals surface area contributed by atoms with Gasteiger partial charge in [0, 0.05) is 6.42 Å². The van der Waals surface area contributed by atoms with Gasteiger partial charge in [-0.2, -0.15) is 0 Å². The van der Waals surface area contributed by atoms with E-state index in [4.69, 9.17) is 0 Å². The van der Waals surface area contributed by atoms with Gasteiger partial charge in [0.15, 0.2) is 0 Å². The summed E-state index contributed by atoms with van der Waals surface area (Å²) in [6, 6.07) is 21.2. The van der Waals surface area contributed by atoms with E-state index in [2.05, 4.69) is 67.7 Å². The van der Waals surface area contributed by atoms with Gasteiger partial charge < -0.3 is 4.79 Å². The van der Waals surface area contributed by atoms with Gasteiger partial charge in [-0.15, -0.1) is 0 Å². The van der Waals surface area contributed by atoms with Crippen molar-refractivity contribution >= 4 is 19.0 Å². The van der Waals surface area contributed by atoms with Crippen LogP contribution in [0.5, 0.6) is 0 Å². The van der Waals surface area contributed by atoms with Gasteiger partial charge in [-0.1, -0.05) is 78.9 Å². The molecule has 2 aromatic rings. The molecule has 0 aliphatic carbocycles. The molecule has 0 radical (unpaired) electrons. The minimum absolute atomic E-state index is 0.273. The zero-order valence-corrected chi connectivity index (χ0v) is 13.5. The average Bonchev–Trinajstić information content (AvgIpc) is 2.46. The van der Waals surface area contributed by atoms with Crippen molar-refractivity contribution in [1.29, 1.82) is 0 Å². The molecule has 0 spiro atoms. The van der Waals surface area contributed by atoms with E-state index in [1.165, 1.54) is 10.8 Å². The SMILES string of the molecule is CC(=O)C[C@@H](c1ccccc1)[Si](C)(C)c1ccccc1. The maximum absolute atomic E-state index is 11.7. The Labute approximate surface area is 122 Å². The molecule has 20 heavy (non-hydrogen) atoms. The van der Waals surface area contributed by atoms with Gasteiger partial charge in [-0.25, -0.2) is 0 Å². The highest BCUT2D eigenvalue weighted by molar-refractivity contribution is 6.91. The molecule has 2 aromatic carbocycles. The standard InChI is InChI=1S/C18H22OSi/c1-15(19)14-18(16-10-6-4-7-11-16)20(2,3)17-12-8-5-9-13-17/h4-13,18H,14H2,1-3H3/t18-/m0/s1. The van der Waals surface area contributed by atoms with Gasteiger partial charge in [-0.05, 0) is 18.0 Å². The Bertz CT molecular complexity index is 560. The van der Waals surface area contributed by atoms with Crippen molar-refractivity contribution in [3.05, 3.63) is 66.2 Å². The number of benzene rings is 2. The van der Waals surface area contributed by atoms with Crippen LogP contribution in [0.15, 0.2) is 60.7 Å². The first-order valence-corrected chi connectivity index (χ1v) is 10.2. The van der Waals surface area contributed by atoms with E-state index in [1.54, 1.807) is 6.92 Å². The molecule has 0 aromatic heterocycles.